The van der Waals surface area contributed by atoms with Crippen molar-refractivity contribution in [3.63, 3.8) is 0 Å². The SMILES string of the molecule is COCCOc1cc([N+](=O)[O-])c(C(=O)N(C)Cc2ccccc2N2CCOCC2)cc1OC. The number of benzene rings is 2. The number of amides is 1. The van der Waals surface area contributed by atoms with Gasteiger partial charge in [-0.15, -0.1) is 0 Å². The zero-order valence-electron chi connectivity index (χ0n) is 19.1. The number of nitro groups is 1. The summed E-state index contributed by atoms with van der Waals surface area (Å²) in [6.45, 7) is 3.61. The first-order valence-corrected chi connectivity index (χ1v) is 10.6. The van der Waals surface area contributed by atoms with Crippen molar-refractivity contribution in [3.05, 3.63) is 57.6 Å². The van der Waals surface area contributed by atoms with Crippen LogP contribution in [0.3, 0.4) is 0 Å². The summed E-state index contributed by atoms with van der Waals surface area (Å²) in [5.74, 6) is -0.0690. The highest BCUT2D eigenvalue weighted by Gasteiger charge is 2.27. The summed E-state index contributed by atoms with van der Waals surface area (Å²) in [7, 11) is 4.57. The summed E-state index contributed by atoms with van der Waals surface area (Å²) in [6, 6.07) is 10.4. The van der Waals surface area contributed by atoms with Crippen LogP contribution in [-0.4, -0.2) is 76.5 Å². The monoisotopic (exact) mass is 459 g/mol. The number of nitro benzene ring substituents is 1. The van der Waals surface area contributed by atoms with Crippen LogP contribution in [0.2, 0.25) is 0 Å². The van der Waals surface area contributed by atoms with Gasteiger partial charge >= 0.3 is 0 Å². The van der Waals surface area contributed by atoms with E-state index in [0.29, 0.717) is 19.8 Å². The Balaban J connectivity index is 1.86. The number of ether oxygens (including phenoxy) is 4. The van der Waals surface area contributed by atoms with E-state index >= 15 is 0 Å². The number of hydrogen-bond donors (Lipinski definition) is 0. The molecule has 0 saturated carbocycles. The molecule has 1 fully saturated rings. The van der Waals surface area contributed by atoms with Crippen LogP contribution in [0.4, 0.5) is 11.4 Å². The number of para-hydroxylation sites is 1. The lowest BCUT2D eigenvalue weighted by molar-refractivity contribution is -0.385. The smallest absolute Gasteiger partial charge is 0.286 e. The molecule has 1 amide bonds. The second-order valence-corrected chi connectivity index (χ2v) is 7.51. The Morgan fingerprint density at radius 2 is 1.88 bits per heavy atom. The van der Waals surface area contributed by atoms with Gasteiger partial charge in [-0.25, -0.2) is 0 Å². The normalized spacial score (nSPS) is 13.5. The third-order valence-corrected chi connectivity index (χ3v) is 5.35. The van der Waals surface area contributed by atoms with E-state index in [9.17, 15) is 14.9 Å². The standard InChI is InChI=1S/C23H29N3O7/c1-24(16-17-6-4-5-7-19(17)25-8-10-32-11-9-25)23(27)18-14-21(31-3)22(33-13-12-30-2)15-20(18)26(28)29/h4-7,14-15H,8-13,16H2,1-3H3. The molecule has 0 aromatic heterocycles. The van der Waals surface area contributed by atoms with Crippen LogP contribution in [0.15, 0.2) is 36.4 Å². The number of carbonyl (C=O) groups excluding carboxylic acids is 1. The zero-order valence-corrected chi connectivity index (χ0v) is 19.1. The predicted molar refractivity (Wildman–Crippen MR) is 122 cm³/mol. The maximum Gasteiger partial charge on any atom is 0.286 e. The van der Waals surface area contributed by atoms with Crippen molar-refractivity contribution in [2.24, 2.45) is 0 Å². The third kappa shape index (κ3) is 5.91. The molecule has 2 aromatic rings. The lowest BCUT2D eigenvalue weighted by Crippen LogP contribution is -2.37. The summed E-state index contributed by atoms with van der Waals surface area (Å²) >= 11 is 0. The van der Waals surface area contributed by atoms with E-state index < -0.39 is 10.8 Å². The van der Waals surface area contributed by atoms with Gasteiger partial charge < -0.3 is 28.7 Å². The largest absolute Gasteiger partial charge is 0.493 e. The summed E-state index contributed by atoms with van der Waals surface area (Å²) in [4.78, 5) is 28.1. The molecule has 1 aliphatic heterocycles. The van der Waals surface area contributed by atoms with Gasteiger partial charge in [-0.05, 0) is 11.6 Å². The fourth-order valence-electron chi connectivity index (χ4n) is 3.67. The molecular weight excluding hydrogens is 430 g/mol. The molecule has 3 rings (SSSR count). The molecule has 1 heterocycles. The zero-order chi connectivity index (χ0) is 23.8. The van der Waals surface area contributed by atoms with Crippen LogP contribution in [0.1, 0.15) is 15.9 Å². The Morgan fingerprint density at radius 3 is 2.55 bits per heavy atom. The molecule has 0 aliphatic carbocycles. The Kier molecular flexibility index (Phi) is 8.45. The van der Waals surface area contributed by atoms with Gasteiger partial charge in [0.25, 0.3) is 11.6 Å². The van der Waals surface area contributed by atoms with Crippen LogP contribution in [0, 0.1) is 10.1 Å². The lowest BCUT2D eigenvalue weighted by atomic mass is 10.1. The van der Waals surface area contributed by atoms with Gasteiger partial charge in [-0.1, -0.05) is 18.2 Å². The fourth-order valence-corrected chi connectivity index (χ4v) is 3.67. The first kappa shape index (κ1) is 24.3. The molecule has 33 heavy (non-hydrogen) atoms. The van der Waals surface area contributed by atoms with E-state index in [1.807, 2.05) is 24.3 Å². The molecule has 1 aliphatic rings. The maximum absolute atomic E-state index is 13.3. The van der Waals surface area contributed by atoms with Crippen molar-refractivity contribution in [2.45, 2.75) is 6.54 Å². The van der Waals surface area contributed by atoms with Crippen LogP contribution < -0.4 is 14.4 Å². The van der Waals surface area contributed by atoms with Gasteiger partial charge in [0.15, 0.2) is 11.5 Å². The number of hydrogen-bond acceptors (Lipinski definition) is 8. The van der Waals surface area contributed by atoms with Crippen LogP contribution in [0.5, 0.6) is 11.5 Å². The minimum atomic E-state index is -0.592. The highest BCUT2D eigenvalue weighted by molar-refractivity contribution is 5.99. The first-order chi connectivity index (χ1) is 16.0. The second-order valence-electron chi connectivity index (χ2n) is 7.51. The van der Waals surface area contributed by atoms with E-state index in [2.05, 4.69) is 4.90 Å². The van der Waals surface area contributed by atoms with Crippen molar-refractivity contribution in [1.29, 1.82) is 0 Å². The number of nitrogens with zero attached hydrogens (tertiary/aromatic N) is 3. The molecular formula is C23H29N3O7. The average molecular weight is 459 g/mol. The summed E-state index contributed by atoms with van der Waals surface area (Å²) in [5.41, 5.74) is 1.56. The minimum absolute atomic E-state index is 0.0673. The van der Waals surface area contributed by atoms with Crippen molar-refractivity contribution in [3.8, 4) is 11.5 Å². The predicted octanol–water partition coefficient (Wildman–Crippen LogP) is 2.74. The number of anilines is 1. The van der Waals surface area contributed by atoms with Crippen molar-refractivity contribution in [2.75, 3.05) is 65.7 Å². The van der Waals surface area contributed by atoms with E-state index in [1.165, 1.54) is 31.3 Å². The van der Waals surface area contributed by atoms with Crippen molar-refractivity contribution >= 4 is 17.3 Å². The number of morpholine rings is 1. The molecule has 10 nitrogen and oxygen atoms in total. The quantitative estimate of drug-likeness (QED) is 0.304. The van der Waals surface area contributed by atoms with E-state index in [1.54, 1.807) is 7.05 Å². The van der Waals surface area contributed by atoms with Crippen LogP contribution >= 0.6 is 0 Å². The Bertz CT molecular complexity index is 977. The van der Waals surface area contributed by atoms with Crippen molar-refractivity contribution < 1.29 is 28.7 Å². The van der Waals surface area contributed by atoms with E-state index in [0.717, 1.165) is 24.3 Å². The average Bonchev–Trinajstić information content (AvgIpc) is 2.84. The van der Waals surface area contributed by atoms with Gasteiger partial charge in [-0.3, -0.25) is 14.9 Å². The third-order valence-electron chi connectivity index (χ3n) is 5.35. The Labute approximate surface area is 192 Å². The fraction of sp³-hybridized carbons (Fsp3) is 0.435. The molecule has 0 radical (unpaired) electrons. The topological polar surface area (TPSA) is 104 Å². The molecule has 1 saturated heterocycles. The van der Waals surface area contributed by atoms with Crippen LogP contribution in [-0.2, 0) is 16.0 Å². The summed E-state index contributed by atoms with van der Waals surface area (Å²) in [5, 5.41) is 11.7. The number of rotatable bonds is 10. The highest BCUT2D eigenvalue weighted by Crippen LogP contribution is 2.35. The molecule has 0 unspecified atom stereocenters. The van der Waals surface area contributed by atoms with Gasteiger partial charge in [0.2, 0.25) is 0 Å². The van der Waals surface area contributed by atoms with Gasteiger partial charge in [0.1, 0.15) is 12.2 Å². The molecule has 2 aromatic carbocycles. The first-order valence-electron chi connectivity index (χ1n) is 10.6. The van der Waals surface area contributed by atoms with E-state index in [-0.39, 0.29) is 35.9 Å². The van der Waals surface area contributed by atoms with Gasteiger partial charge in [0, 0.05) is 45.5 Å². The van der Waals surface area contributed by atoms with Gasteiger partial charge in [0.05, 0.1) is 37.9 Å². The second kappa shape index (κ2) is 11.5. The molecule has 0 bridgehead atoms. The molecule has 0 spiro atoms. The Morgan fingerprint density at radius 1 is 1.15 bits per heavy atom. The Hall–Kier alpha value is -3.37. The minimum Gasteiger partial charge on any atom is -0.493 e. The van der Waals surface area contributed by atoms with Gasteiger partial charge in [-0.2, -0.15) is 0 Å². The molecule has 0 N–H and O–H groups in total. The van der Waals surface area contributed by atoms with Crippen molar-refractivity contribution in [1.82, 2.24) is 4.90 Å². The summed E-state index contributed by atoms with van der Waals surface area (Å²) in [6.07, 6.45) is 0. The maximum atomic E-state index is 13.3. The number of methoxy groups -OCH3 is 2. The molecule has 10 heteroatoms. The molecule has 0 atom stereocenters. The molecule has 178 valence electrons. The van der Waals surface area contributed by atoms with Crippen LogP contribution in [0.25, 0.3) is 0 Å². The number of carbonyl (C=O) groups is 1. The lowest BCUT2D eigenvalue weighted by Gasteiger charge is -2.31. The highest BCUT2D eigenvalue weighted by atomic mass is 16.6. The summed E-state index contributed by atoms with van der Waals surface area (Å²) < 4.78 is 21.2. The van der Waals surface area contributed by atoms with E-state index in [4.69, 9.17) is 18.9 Å².